The molecule has 1 saturated heterocycles. The van der Waals surface area contributed by atoms with E-state index in [4.69, 9.17) is 5.26 Å². The highest BCUT2D eigenvalue weighted by Gasteiger charge is 2.33. The summed E-state index contributed by atoms with van der Waals surface area (Å²) in [6, 6.07) is 8.68. The summed E-state index contributed by atoms with van der Waals surface area (Å²) in [5, 5.41) is 8.95. The Labute approximate surface area is 141 Å². The Balaban J connectivity index is 1.78. The van der Waals surface area contributed by atoms with E-state index in [1.165, 1.54) is 4.31 Å². The molecule has 8 heteroatoms. The Hall–Kier alpha value is -2.21. The van der Waals surface area contributed by atoms with E-state index >= 15 is 0 Å². The fourth-order valence-electron chi connectivity index (χ4n) is 2.89. The molecule has 1 fully saturated rings. The van der Waals surface area contributed by atoms with E-state index in [-0.39, 0.29) is 11.8 Å². The van der Waals surface area contributed by atoms with Crippen LogP contribution in [0.1, 0.15) is 23.0 Å². The minimum Gasteiger partial charge on any atom is -0.347 e. The second kappa shape index (κ2) is 6.73. The summed E-state index contributed by atoms with van der Waals surface area (Å²) in [7, 11) is -1.49. The van der Waals surface area contributed by atoms with Gasteiger partial charge in [-0.2, -0.15) is 9.57 Å². The molecular weight excluding hydrogens is 326 g/mol. The quantitative estimate of drug-likeness (QED) is 0.896. The Bertz CT molecular complexity index is 842. The summed E-state index contributed by atoms with van der Waals surface area (Å²) in [6.07, 6.45) is 3.41. The van der Waals surface area contributed by atoms with E-state index in [0.717, 1.165) is 5.82 Å². The van der Waals surface area contributed by atoms with Crippen LogP contribution in [-0.2, 0) is 15.8 Å². The second-order valence-corrected chi connectivity index (χ2v) is 7.87. The number of nitrogens with one attached hydrogen (secondary N) is 1. The lowest BCUT2D eigenvalue weighted by Crippen LogP contribution is -2.49. The van der Waals surface area contributed by atoms with Gasteiger partial charge in [-0.1, -0.05) is 12.1 Å². The van der Waals surface area contributed by atoms with Crippen LogP contribution in [0.25, 0.3) is 0 Å². The fraction of sp³-hybridized carbons (Fsp3) is 0.375. The van der Waals surface area contributed by atoms with Crippen LogP contribution in [-0.4, -0.2) is 54.3 Å². The van der Waals surface area contributed by atoms with Gasteiger partial charge in [-0.15, -0.1) is 0 Å². The number of imidazole rings is 1. The molecule has 0 saturated carbocycles. The van der Waals surface area contributed by atoms with Crippen LogP contribution >= 0.6 is 0 Å². The van der Waals surface area contributed by atoms with Gasteiger partial charge in [-0.05, 0) is 24.7 Å². The molecule has 0 amide bonds. The van der Waals surface area contributed by atoms with Crippen LogP contribution in [0.15, 0.2) is 36.7 Å². The number of hydrogen-bond acceptors (Lipinski definition) is 5. The van der Waals surface area contributed by atoms with Crippen LogP contribution in [0.4, 0.5) is 0 Å². The van der Waals surface area contributed by atoms with Crippen molar-refractivity contribution in [2.75, 3.05) is 26.7 Å². The highest BCUT2D eigenvalue weighted by atomic mass is 32.2. The third-order valence-electron chi connectivity index (χ3n) is 4.24. The lowest BCUT2D eigenvalue weighted by molar-refractivity contribution is 0.142. The van der Waals surface area contributed by atoms with Gasteiger partial charge in [0.1, 0.15) is 5.82 Å². The number of hydrogen-bond donors (Lipinski definition) is 1. The summed E-state index contributed by atoms with van der Waals surface area (Å²) in [5.74, 6) is 0.667. The molecule has 2 aromatic rings. The highest BCUT2D eigenvalue weighted by molar-refractivity contribution is 7.88. The van der Waals surface area contributed by atoms with Gasteiger partial charge in [0.15, 0.2) is 0 Å². The molecule has 0 aliphatic carbocycles. The van der Waals surface area contributed by atoms with Crippen LogP contribution in [0, 0.1) is 11.3 Å². The van der Waals surface area contributed by atoms with E-state index in [0.29, 0.717) is 30.8 Å². The van der Waals surface area contributed by atoms with Gasteiger partial charge in [0, 0.05) is 32.0 Å². The van der Waals surface area contributed by atoms with Crippen molar-refractivity contribution in [3.05, 3.63) is 53.6 Å². The van der Waals surface area contributed by atoms with Crippen LogP contribution in [0.3, 0.4) is 0 Å². The Kier molecular flexibility index (Phi) is 4.66. The van der Waals surface area contributed by atoms with Gasteiger partial charge in [0.25, 0.3) is 0 Å². The molecule has 126 valence electrons. The molecule has 2 heterocycles. The Morgan fingerprint density at radius 1 is 1.42 bits per heavy atom. The zero-order valence-electron chi connectivity index (χ0n) is 13.4. The van der Waals surface area contributed by atoms with Crippen molar-refractivity contribution in [3.8, 4) is 6.07 Å². The lowest BCUT2D eigenvalue weighted by atomic mass is 10.2. The maximum absolute atomic E-state index is 12.8. The average molecular weight is 345 g/mol. The van der Waals surface area contributed by atoms with Gasteiger partial charge >= 0.3 is 0 Å². The lowest BCUT2D eigenvalue weighted by Gasteiger charge is -2.37. The molecule has 0 spiro atoms. The van der Waals surface area contributed by atoms with Gasteiger partial charge in [-0.3, -0.25) is 4.90 Å². The minimum atomic E-state index is -3.45. The number of rotatable bonds is 4. The Morgan fingerprint density at radius 3 is 2.96 bits per heavy atom. The van der Waals surface area contributed by atoms with Crippen LogP contribution < -0.4 is 0 Å². The first-order valence-corrected chi connectivity index (χ1v) is 9.27. The molecule has 0 bridgehead atoms. The van der Waals surface area contributed by atoms with Gasteiger partial charge in [0.2, 0.25) is 10.0 Å². The molecule has 0 radical (unpaired) electrons. The van der Waals surface area contributed by atoms with Crippen molar-refractivity contribution in [2.45, 2.75) is 11.8 Å². The largest absolute Gasteiger partial charge is 0.347 e. The monoisotopic (exact) mass is 345 g/mol. The molecule has 1 aliphatic heterocycles. The Morgan fingerprint density at radius 2 is 2.25 bits per heavy atom. The minimum absolute atomic E-state index is 0.0889. The number of piperazine rings is 1. The normalized spacial score (nSPS) is 19.9. The van der Waals surface area contributed by atoms with Crippen molar-refractivity contribution in [1.82, 2.24) is 19.2 Å². The van der Waals surface area contributed by atoms with Gasteiger partial charge < -0.3 is 4.98 Å². The fourth-order valence-corrected chi connectivity index (χ4v) is 4.40. The molecule has 1 aromatic carbocycles. The van der Waals surface area contributed by atoms with Crippen LogP contribution in [0.2, 0.25) is 0 Å². The predicted molar refractivity (Wildman–Crippen MR) is 89.3 cm³/mol. The third-order valence-corrected chi connectivity index (χ3v) is 6.06. The van der Waals surface area contributed by atoms with Crippen molar-refractivity contribution in [3.63, 3.8) is 0 Å². The maximum Gasteiger partial charge on any atom is 0.218 e. The number of aromatic nitrogens is 2. The zero-order valence-corrected chi connectivity index (χ0v) is 14.2. The summed E-state index contributed by atoms with van der Waals surface area (Å²) >= 11 is 0. The van der Waals surface area contributed by atoms with Crippen molar-refractivity contribution in [2.24, 2.45) is 0 Å². The number of benzene rings is 1. The van der Waals surface area contributed by atoms with Crippen molar-refractivity contribution >= 4 is 10.0 Å². The van der Waals surface area contributed by atoms with Crippen LogP contribution in [0.5, 0.6) is 0 Å². The number of aromatic amines is 1. The molecule has 1 atom stereocenters. The third kappa shape index (κ3) is 3.48. The molecule has 3 rings (SSSR count). The molecule has 1 unspecified atom stereocenters. The number of sulfonamides is 1. The topological polar surface area (TPSA) is 93.1 Å². The smallest absolute Gasteiger partial charge is 0.218 e. The van der Waals surface area contributed by atoms with E-state index < -0.39 is 10.0 Å². The zero-order chi connectivity index (χ0) is 17.2. The molecule has 1 aromatic heterocycles. The number of likely N-dealkylation sites (N-methyl/N-ethyl adjacent to an activating group) is 1. The molecule has 7 nitrogen and oxygen atoms in total. The summed E-state index contributed by atoms with van der Waals surface area (Å²) in [4.78, 5) is 9.42. The van der Waals surface area contributed by atoms with E-state index in [1.54, 1.807) is 36.7 Å². The predicted octanol–water partition coefficient (Wildman–Crippen LogP) is 1.10. The molecule has 1 N–H and O–H groups in total. The molecule has 24 heavy (non-hydrogen) atoms. The average Bonchev–Trinajstić information content (AvgIpc) is 3.09. The molecule has 1 aliphatic rings. The first kappa shape index (κ1) is 16.6. The number of nitriles is 1. The number of nitrogens with zero attached hydrogens (tertiary/aromatic N) is 4. The maximum atomic E-state index is 12.8. The van der Waals surface area contributed by atoms with E-state index in [9.17, 15) is 8.42 Å². The highest BCUT2D eigenvalue weighted by Crippen LogP contribution is 2.24. The SMILES string of the molecule is CN1CCN(S(=O)(=O)Cc2cccc(C#N)c2)CC1c1ncc[nH]1. The first-order valence-electron chi connectivity index (χ1n) is 7.66. The second-order valence-electron chi connectivity index (χ2n) is 5.90. The summed E-state index contributed by atoms with van der Waals surface area (Å²) in [6.45, 7) is 1.46. The number of H-pyrrole nitrogens is 1. The van der Waals surface area contributed by atoms with Gasteiger partial charge in [0.05, 0.1) is 23.4 Å². The van der Waals surface area contributed by atoms with Gasteiger partial charge in [-0.25, -0.2) is 13.4 Å². The molecular formula is C16H19N5O2S. The van der Waals surface area contributed by atoms with E-state index in [2.05, 4.69) is 14.9 Å². The first-order chi connectivity index (χ1) is 11.5. The van der Waals surface area contributed by atoms with Crippen molar-refractivity contribution < 1.29 is 8.42 Å². The summed E-state index contributed by atoms with van der Waals surface area (Å²) in [5.41, 5.74) is 1.09. The standard InChI is InChI=1S/C16H19N5O2S/c1-20-7-8-21(11-15(20)16-18-5-6-19-16)24(22,23)12-14-4-2-3-13(9-14)10-17/h2-6,9,15H,7-8,11-12H2,1H3,(H,18,19). The van der Waals surface area contributed by atoms with Crippen molar-refractivity contribution in [1.29, 1.82) is 5.26 Å². The summed E-state index contributed by atoms with van der Waals surface area (Å²) < 4.78 is 27.1. The van der Waals surface area contributed by atoms with E-state index in [1.807, 2.05) is 13.1 Å².